The van der Waals surface area contributed by atoms with Crippen molar-refractivity contribution in [1.29, 1.82) is 0 Å². The number of ketones is 1. The van der Waals surface area contributed by atoms with Gasteiger partial charge in [0.05, 0.1) is 11.0 Å². The van der Waals surface area contributed by atoms with Crippen LogP contribution in [0.5, 0.6) is 0 Å². The topological polar surface area (TPSA) is 34.9 Å². The maximum atomic E-state index is 11.5. The van der Waals surface area contributed by atoms with Gasteiger partial charge in [0.15, 0.2) is 5.78 Å². The molecular weight excluding hydrogens is 272 g/mol. The van der Waals surface area contributed by atoms with E-state index in [1.165, 1.54) is 5.56 Å². The Kier molecular flexibility index (Phi) is 3.80. The van der Waals surface area contributed by atoms with Gasteiger partial charge in [-0.1, -0.05) is 26.0 Å². The lowest BCUT2D eigenvalue weighted by Crippen LogP contribution is -1.97. The van der Waals surface area contributed by atoms with Gasteiger partial charge < -0.3 is 0 Å². The van der Waals surface area contributed by atoms with E-state index in [9.17, 15) is 4.79 Å². The number of hydrogen-bond donors (Lipinski definition) is 0. The van der Waals surface area contributed by atoms with Crippen LogP contribution in [0, 0.1) is 0 Å². The molecule has 3 heteroatoms. The molecule has 0 N–H and O–H groups in total. The summed E-state index contributed by atoms with van der Waals surface area (Å²) in [6.45, 7) is 6.02. The molecule has 3 rings (SSSR count). The summed E-state index contributed by atoms with van der Waals surface area (Å²) in [5, 5.41) is 0. The first-order valence-electron chi connectivity index (χ1n) is 7.68. The van der Waals surface area contributed by atoms with Crippen LogP contribution in [0.15, 0.2) is 48.8 Å². The van der Waals surface area contributed by atoms with Crippen molar-refractivity contribution in [2.45, 2.75) is 33.1 Å². The highest BCUT2D eigenvalue weighted by molar-refractivity contribution is 5.97. The van der Waals surface area contributed by atoms with Crippen LogP contribution in [0.1, 0.15) is 49.0 Å². The second kappa shape index (κ2) is 5.76. The minimum atomic E-state index is 0.0650. The summed E-state index contributed by atoms with van der Waals surface area (Å²) in [5.41, 5.74) is 5.01. The van der Waals surface area contributed by atoms with Gasteiger partial charge in [-0.05, 0) is 55.2 Å². The predicted molar refractivity (Wildman–Crippen MR) is 89.8 cm³/mol. The maximum Gasteiger partial charge on any atom is 0.159 e. The van der Waals surface area contributed by atoms with Crippen LogP contribution in [0.25, 0.3) is 16.7 Å². The number of hydrogen-bond acceptors (Lipinski definition) is 2. The number of carbonyl (C=O) groups is 1. The van der Waals surface area contributed by atoms with Crippen LogP contribution in [0.2, 0.25) is 0 Å². The fraction of sp³-hybridized carbons (Fsp3) is 0.263. The van der Waals surface area contributed by atoms with E-state index < -0.39 is 0 Å². The zero-order chi connectivity index (χ0) is 15.7. The van der Waals surface area contributed by atoms with Gasteiger partial charge in [-0.15, -0.1) is 0 Å². The molecule has 112 valence electrons. The number of fused-ring (bicyclic) bond motifs is 1. The summed E-state index contributed by atoms with van der Waals surface area (Å²) in [6.07, 6.45) is 2.94. The lowest BCUT2D eigenvalue weighted by atomic mass is 9.98. The summed E-state index contributed by atoms with van der Waals surface area (Å²) < 4.78 is 2.07. The van der Waals surface area contributed by atoms with Crippen LogP contribution < -0.4 is 0 Å². The fourth-order valence-corrected chi connectivity index (χ4v) is 2.65. The van der Waals surface area contributed by atoms with E-state index in [0.29, 0.717) is 11.5 Å². The highest BCUT2D eigenvalue weighted by Gasteiger charge is 2.09. The smallest absolute Gasteiger partial charge is 0.159 e. The first-order chi connectivity index (χ1) is 10.6. The Hall–Kier alpha value is -2.42. The summed E-state index contributed by atoms with van der Waals surface area (Å²) in [4.78, 5) is 15.9. The molecule has 0 aliphatic carbocycles. The quantitative estimate of drug-likeness (QED) is 0.651. The van der Waals surface area contributed by atoms with Gasteiger partial charge in [0.25, 0.3) is 0 Å². The Morgan fingerprint density at radius 1 is 1.23 bits per heavy atom. The van der Waals surface area contributed by atoms with Gasteiger partial charge in [0, 0.05) is 11.3 Å². The minimum absolute atomic E-state index is 0.0650. The average Bonchev–Trinajstić information content (AvgIpc) is 2.97. The van der Waals surface area contributed by atoms with E-state index >= 15 is 0 Å². The summed E-state index contributed by atoms with van der Waals surface area (Å²) in [7, 11) is 0. The normalized spacial score (nSPS) is 12.5. The largest absolute Gasteiger partial charge is 0.299 e. The molecule has 0 bridgehead atoms. The molecular formula is C19H20N2O. The number of rotatable bonds is 4. The molecule has 0 saturated heterocycles. The van der Waals surface area contributed by atoms with Crippen LogP contribution >= 0.6 is 0 Å². The molecule has 0 saturated carbocycles. The monoisotopic (exact) mass is 292 g/mol. The molecule has 2 aromatic carbocycles. The second-order valence-corrected chi connectivity index (χ2v) is 5.78. The summed E-state index contributed by atoms with van der Waals surface area (Å²) >= 11 is 0. The standard InChI is InChI=1S/C19H20N2O/c1-4-13(2)15-6-5-7-17(10-15)21-12-20-18-11-16(14(3)22)8-9-19(18)21/h5-13H,4H2,1-3H3. The molecule has 0 aliphatic rings. The molecule has 1 unspecified atom stereocenters. The van der Waals surface area contributed by atoms with E-state index in [2.05, 4.69) is 47.7 Å². The molecule has 0 aliphatic heterocycles. The SMILES string of the molecule is CCC(C)c1cccc(-n2cnc3cc(C(C)=O)ccc32)c1. The van der Waals surface area contributed by atoms with Crippen molar-refractivity contribution < 1.29 is 4.79 Å². The Morgan fingerprint density at radius 3 is 2.77 bits per heavy atom. The lowest BCUT2D eigenvalue weighted by molar-refractivity contribution is 0.101. The molecule has 1 heterocycles. The molecule has 1 atom stereocenters. The van der Waals surface area contributed by atoms with Crippen LogP contribution in [0.3, 0.4) is 0 Å². The van der Waals surface area contributed by atoms with E-state index in [1.807, 2.05) is 24.5 Å². The van der Waals surface area contributed by atoms with E-state index in [1.54, 1.807) is 6.92 Å². The average molecular weight is 292 g/mol. The minimum Gasteiger partial charge on any atom is -0.299 e. The Labute approximate surface area is 130 Å². The number of imidazole rings is 1. The summed E-state index contributed by atoms with van der Waals surface area (Å²) in [5.74, 6) is 0.606. The zero-order valence-electron chi connectivity index (χ0n) is 13.2. The van der Waals surface area contributed by atoms with Crippen molar-refractivity contribution in [1.82, 2.24) is 9.55 Å². The van der Waals surface area contributed by atoms with Crippen molar-refractivity contribution in [2.75, 3.05) is 0 Å². The number of Topliss-reactive ketones (excluding diaryl/α,β-unsaturated/α-hetero) is 1. The number of aromatic nitrogens is 2. The molecule has 1 aromatic heterocycles. The van der Waals surface area contributed by atoms with Gasteiger partial charge in [-0.3, -0.25) is 9.36 Å². The number of nitrogens with zero attached hydrogens (tertiary/aromatic N) is 2. The van der Waals surface area contributed by atoms with E-state index in [0.717, 1.165) is 23.1 Å². The second-order valence-electron chi connectivity index (χ2n) is 5.78. The van der Waals surface area contributed by atoms with Crippen molar-refractivity contribution in [3.8, 4) is 5.69 Å². The van der Waals surface area contributed by atoms with Crippen molar-refractivity contribution >= 4 is 16.8 Å². The van der Waals surface area contributed by atoms with Crippen molar-refractivity contribution in [3.63, 3.8) is 0 Å². The lowest BCUT2D eigenvalue weighted by Gasteiger charge is -2.11. The van der Waals surface area contributed by atoms with Gasteiger partial charge in [0.1, 0.15) is 6.33 Å². The molecule has 0 radical (unpaired) electrons. The van der Waals surface area contributed by atoms with Gasteiger partial charge in [-0.25, -0.2) is 4.98 Å². The first kappa shape index (κ1) is 14.5. The molecule has 0 fully saturated rings. The number of benzene rings is 2. The predicted octanol–water partition coefficient (Wildman–Crippen LogP) is 4.74. The molecule has 22 heavy (non-hydrogen) atoms. The van der Waals surface area contributed by atoms with Crippen molar-refractivity contribution in [2.24, 2.45) is 0 Å². The maximum absolute atomic E-state index is 11.5. The third-order valence-corrected chi connectivity index (χ3v) is 4.28. The zero-order valence-corrected chi connectivity index (χ0v) is 13.2. The van der Waals surface area contributed by atoms with Crippen LogP contribution in [-0.2, 0) is 0 Å². The van der Waals surface area contributed by atoms with Crippen molar-refractivity contribution in [3.05, 3.63) is 59.9 Å². The summed E-state index contributed by atoms with van der Waals surface area (Å²) in [6, 6.07) is 14.3. The Balaban J connectivity index is 2.09. The Bertz CT molecular complexity index is 832. The fourth-order valence-electron chi connectivity index (χ4n) is 2.65. The molecule has 0 spiro atoms. The van der Waals surface area contributed by atoms with Gasteiger partial charge in [0.2, 0.25) is 0 Å². The third-order valence-electron chi connectivity index (χ3n) is 4.28. The first-order valence-corrected chi connectivity index (χ1v) is 7.68. The van der Waals surface area contributed by atoms with Crippen LogP contribution in [0.4, 0.5) is 0 Å². The van der Waals surface area contributed by atoms with Gasteiger partial charge in [-0.2, -0.15) is 0 Å². The van der Waals surface area contributed by atoms with E-state index in [-0.39, 0.29) is 5.78 Å². The van der Waals surface area contributed by atoms with Gasteiger partial charge >= 0.3 is 0 Å². The molecule has 3 nitrogen and oxygen atoms in total. The highest BCUT2D eigenvalue weighted by atomic mass is 16.1. The van der Waals surface area contributed by atoms with Crippen LogP contribution in [-0.4, -0.2) is 15.3 Å². The Morgan fingerprint density at radius 2 is 2.05 bits per heavy atom. The number of carbonyl (C=O) groups excluding carboxylic acids is 1. The highest BCUT2D eigenvalue weighted by Crippen LogP contribution is 2.24. The third kappa shape index (κ3) is 2.54. The van der Waals surface area contributed by atoms with E-state index in [4.69, 9.17) is 0 Å². The molecule has 0 amide bonds. The molecule has 3 aromatic rings.